The van der Waals surface area contributed by atoms with E-state index in [4.69, 9.17) is 9.97 Å². The van der Waals surface area contributed by atoms with Crippen molar-refractivity contribution in [1.29, 1.82) is 0 Å². The standard InChI is InChI=1S/C50H35N3S/c1-30-21-23-37-42(25-30)51-49(36-27-34(31-13-6-4-7-14-31)26-35(28-36)32-15-8-5-9-16-32)52-45(37)33-22-24-43-41(29-33)50(2,3)40-19-12-18-39-46(40)53(43)47-38-17-10-11-20-44(38)54-48(39)47/h4-29H,1-3H3. The van der Waals surface area contributed by atoms with Gasteiger partial charge in [-0.3, -0.25) is 0 Å². The van der Waals surface area contributed by atoms with Crippen LogP contribution < -0.4 is 0 Å². The molecule has 4 heterocycles. The van der Waals surface area contributed by atoms with E-state index in [1.54, 1.807) is 0 Å². The monoisotopic (exact) mass is 709 g/mol. The maximum Gasteiger partial charge on any atom is 0.160 e. The average molecular weight is 710 g/mol. The van der Waals surface area contributed by atoms with Crippen molar-refractivity contribution in [2.24, 2.45) is 0 Å². The summed E-state index contributed by atoms with van der Waals surface area (Å²) >= 11 is 1.90. The van der Waals surface area contributed by atoms with Crippen LogP contribution in [0.15, 0.2) is 158 Å². The van der Waals surface area contributed by atoms with Gasteiger partial charge in [0.05, 0.1) is 32.6 Å². The van der Waals surface area contributed by atoms with Crippen LogP contribution in [0.5, 0.6) is 0 Å². The smallest absolute Gasteiger partial charge is 0.160 e. The zero-order valence-electron chi connectivity index (χ0n) is 30.3. The summed E-state index contributed by atoms with van der Waals surface area (Å²) in [4.78, 5) is 10.7. The van der Waals surface area contributed by atoms with Gasteiger partial charge in [0.2, 0.25) is 0 Å². The van der Waals surface area contributed by atoms with E-state index < -0.39 is 0 Å². The van der Waals surface area contributed by atoms with Gasteiger partial charge < -0.3 is 4.57 Å². The van der Waals surface area contributed by atoms with Gasteiger partial charge in [-0.15, -0.1) is 11.3 Å². The molecule has 3 nitrogen and oxygen atoms in total. The van der Waals surface area contributed by atoms with Crippen LogP contribution >= 0.6 is 11.3 Å². The van der Waals surface area contributed by atoms with Gasteiger partial charge >= 0.3 is 0 Å². The molecule has 0 amide bonds. The second-order valence-electron chi connectivity index (χ2n) is 15.1. The first-order valence-electron chi connectivity index (χ1n) is 18.6. The quantitative estimate of drug-likeness (QED) is 0.182. The molecule has 0 saturated carbocycles. The second-order valence-corrected chi connectivity index (χ2v) is 16.2. The molecule has 0 N–H and O–H groups in total. The molecular formula is C50H35N3S. The van der Waals surface area contributed by atoms with Crippen molar-refractivity contribution in [3.05, 3.63) is 174 Å². The van der Waals surface area contributed by atoms with Crippen molar-refractivity contribution in [3.8, 4) is 50.6 Å². The molecule has 1 aliphatic rings. The van der Waals surface area contributed by atoms with Crippen molar-refractivity contribution in [2.45, 2.75) is 26.2 Å². The van der Waals surface area contributed by atoms with E-state index in [0.29, 0.717) is 0 Å². The molecule has 3 aromatic heterocycles. The number of rotatable bonds is 4. The fraction of sp³-hybridized carbons (Fsp3) is 0.0800. The lowest BCUT2D eigenvalue weighted by molar-refractivity contribution is 0.630. The first-order valence-corrected chi connectivity index (χ1v) is 19.4. The summed E-state index contributed by atoms with van der Waals surface area (Å²) in [5.41, 5.74) is 16.1. The summed E-state index contributed by atoms with van der Waals surface area (Å²) in [5, 5.41) is 3.69. The highest BCUT2D eigenvalue weighted by molar-refractivity contribution is 7.26. The van der Waals surface area contributed by atoms with Gasteiger partial charge in [-0.1, -0.05) is 129 Å². The molecule has 0 aliphatic carbocycles. The van der Waals surface area contributed by atoms with E-state index in [-0.39, 0.29) is 5.41 Å². The summed E-state index contributed by atoms with van der Waals surface area (Å²) in [6, 6.07) is 57.2. The van der Waals surface area contributed by atoms with Crippen molar-refractivity contribution in [3.63, 3.8) is 0 Å². The first kappa shape index (κ1) is 31.2. The Morgan fingerprint density at radius 3 is 1.94 bits per heavy atom. The largest absolute Gasteiger partial charge is 0.307 e. The van der Waals surface area contributed by atoms with E-state index in [0.717, 1.165) is 55.8 Å². The van der Waals surface area contributed by atoms with Gasteiger partial charge in [0.1, 0.15) is 0 Å². The van der Waals surface area contributed by atoms with Crippen LogP contribution in [0.1, 0.15) is 30.5 Å². The third-order valence-corrected chi connectivity index (χ3v) is 12.6. The fourth-order valence-corrected chi connectivity index (χ4v) is 9.94. The summed E-state index contributed by atoms with van der Waals surface area (Å²) in [6.45, 7) is 6.89. The van der Waals surface area contributed by atoms with Crippen LogP contribution in [0.3, 0.4) is 0 Å². The van der Waals surface area contributed by atoms with E-state index in [1.165, 1.54) is 53.6 Å². The highest BCUT2D eigenvalue weighted by Gasteiger charge is 2.36. The molecule has 0 bridgehead atoms. The van der Waals surface area contributed by atoms with Gasteiger partial charge in [-0.2, -0.15) is 0 Å². The predicted octanol–water partition coefficient (Wildman–Crippen LogP) is 13.6. The van der Waals surface area contributed by atoms with Gasteiger partial charge in [0.15, 0.2) is 5.82 Å². The molecule has 4 heteroatoms. The number of aryl methyl sites for hydroxylation is 1. The van der Waals surface area contributed by atoms with Gasteiger partial charge in [0.25, 0.3) is 0 Å². The number of benzene rings is 7. The lowest BCUT2D eigenvalue weighted by Crippen LogP contribution is -2.26. The molecule has 0 saturated heterocycles. The van der Waals surface area contributed by atoms with Crippen molar-refractivity contribution >= 4 is 53.4 Å². The van der Waals surface area contributed by atoms with Gasteiger partial charge in [-0.25, -0.2) is 9.97 Å². The van der Waals surface area contributed by atoms with E-state index >= 15 is 0 Å². The Balaban J connectivity index is 1.15. The molecule has 0 spiro atoms. The second kappa shape index (κ2) is 11.6. The molecule has 54 heavy (non-hydrogen) atoms. The third kappa shape index (κ3) is 4.60. The fourth-order valence-electron chi connectivity index (χ4n) is 8.73. The Morgan fingerprint density at radius 1 is 0.500 bits per heavy atom. The van der Waals surface area contributed by atoms with Crippen molar-refractivity contribution in [1.82, 2.24) is 14.5 Å². The SMILES string of the molecule is Cc1ccc2c(-c3ccc4c(c3)C(C)(C)c3cccc5c6sc7ccccc7c6n-4c35)nc(-c3cc(-c4ccccc4)cc(-c4ccccc4)c3)nc2c1. The van der Waals surface area contributed by atoms with Crippen LogP contribution in [0.4, 0.5) is 0 Å². The van der Waals surface area contributed by atoms with Crippen LogP contribution in [0.2, 0.25) is 0 Å². The minimum atomic E-state index is -0.228. The molecule has 0 fully saturated rings. The highest BCUT2D eigenvalue weighted by Crippen LogP contribution is 2.51. The Labute approximate surface area is 317 Å². The molecular weight excluding hydrogens is 675 g/mol. The van der Waals surface area contributed by atoms with Gasteiger partial charge in [-0.05, 0) is 88.3 Å². The van der Waals surface area contributed by atoms with Crippen LogP contribution in [0, 0.1) is 6.92 Å². The molecule has 0 atom stereocenters. The Bertz CT molecular complexity index is 3070. The van der Waals surface area contributed by atoms with Crippen LogP contribution in [0.25, 0.3) is 92.7 Å². The summed E-state index contributed by atoms with van der Waals surface area (Å²) in [5.74, 6) is 0.721. The number of fused-ring (bicyclic) bond motifs is 8. The maximum atomic E-state index is 5.48. The highest BCUT2D eigenvalue weighted by atomic mass is 32.1. The maximum absolute atomic E-state index is 5.48. The molecule has 10 aromatic rings. The normalized spacial score (nSPS) is 13.2. The third-order valence-electron chi connectivity index (χ3n) is 11.4. The summed E-state index contributed by atoms with van der Waals surface area (Å²) in [6.07, 6.45) is 0. The molecule has 0 unspecified atom stereocenters. The lowest BCUT2D eigenvalue weighted by atomic mass is 9.74. The minimum Gasteiger partial charge on any atom is -0.307 e. The Hall–Kier alpha value is -6.36. The van der Waals surface area contributed by atoms with Crippen molar-refractivity contribution in [2.75, 3.05) is 0 Å². The van der Waals surface area contributed by atoms with E-state index in [1.807, 2.05) is 11.3 Å². The average Bonchev–Trinajstić information content (AvgIpc) is 3.75. The predicted molar refractivity (Wildman–Crippen MR) is 228 cm³/mol. The zero-order valence-corrected chi connectivity index (χ0v) is 31.1. The summed E-state index contributed by atoms with van der Waals surface area (Å²) in [7, 11) is 0. The number of aromatic nitrogens is 3. The number of hydrogen-bond donors (Lipinski definition) is 0. The molecule has 7 aromatic carbocycles. The van der Waals surface area contributed by atoms with Gasteiger partial charge in [0, 0.05) is 37.4 Å². The Kier molecular flexibility index (Phi) is 6.68. The van der Waals surface area contributed by atoms with E-state index in [2.05, 4.69) is 183 Å². The molecule has 11 rings (SSSR count). The first-order chi connectivity index (χ1) is 26.4. The number of para-hydroxylation sites is 1. The lowest BCUT2D eigenvalue weighted by Gasteiger charge is -2.35. The molecule has 1 aliphatic heterocycles. The van der Waals surface area contributed by atoms with Crippen LogP contribution in [-0.2, 0) is 5.41 Å². The topological polar surface area (TPSA) is 30.7 Å². The summed E-state index contributed by atoms with van der Waals surface area (Å²) < 4.78 is 5.22. The number of hydrogen-bond acceptors (Lipinski definition) is 3. The Morgan fingerprint density at radius 2 is 1.19 bits per heavy atom. The van der Waals surface area contributed by atoms with Crippen molar-refractivity contribution < 1.29 is 0 Å². The zero-order chi connectivity index (χ0) is 36.1. The van der Waals surface area contributed by atoms with Crippen LogP contribution in [-0.4, -0.2) is 14.5 Å². The molecule has 0 radical (unpaired) electrons. The van der Waals surface area contributed by atoms with E-state index in [9.17, 15) is 0 Å². The molecule has 256 valence electrons. The number of nitrogens with zero attached hydrogens (tertiary/aromatic N) is 3. The number of thiophene rings is 1. The minimum absolute atomic E-state index is 0.228.